The summed E-state index contributed by atoms with van der Waals surface area (Å²) >= 11 is 0. The number of methoxy groups -OCH3 is 1. The summed E-state index contributed by atoms with van der Waals surface area (Å²) in [4.78, 5) is 4.41. The molecule has 86 valence electrons. The van der Waals surface area contributed by atoms with E-state index in [1.807, 2.05) is 18.3 Å². The Kier molecular flexibility index (Phi) is 2.99. The van der Waals surface area contributed by atoms with Gasteiger partial charge in [-0.05, 0) is 36.3 Å². The van der Waals surface area contributed by atoms with Gasteiger partial charge < -0.3 is 4.74 Å². The second-order valence-electron chi connectivity index (χ2n) is 5.18. The number of aromatic nitrogens is 1. The molecule has 0 amide bonds. The molecule has 2 rings (SSSR count). The number of allylic oxidation sites excluding steroid dienone is 2. The van der Waals surface area contributed by atoms with E-state index in [1.54, 1.807) is 7.11 Å². The topological polar surface area (TPSA) is 22.1 Å². The Morgan fingerprint density at radius 3 is 2.81 bits per heavy atom. The van der Waals surface area contributed by atoms with E-state index in [1.165, 1.54) is 12.0 Å². The fourth-order valence-electron chi connectivity index (χ4n) is 2.02. The molecule has 0 spiro atoms. The molecule has 16 heavy (non-hydrogen) atoms. The zero-order valence-electron chi connectivity index (χ0n) is 10.3. The van der Waals surface area contributed by atoms with Crippen molar-refractivity contribution < 1.29 is 4.74 Å². The standard InChI is InChI=1S/C14H19NO/c1-14(2)7-4-11(5-8-14)13-10-12(16-3)6-9-15-13/h4,6,9-10H,5,7-8H2,1-3H3. The minimum absolute atomic E-state index is 0.447. The van der Waals surface area contributed by atoms with Crippen molar-refractivity contribution in [2.75, 3.05) is 7.11 Å². The Bertz CT molecular complexity index is 407. The summed E-state index contributed by atoms with van der Waals surface area (Å²) in [6.07, 6.45) is 7.63. The lowest BCUT2D eigenvalue weighted by molar-refractivity contribution is 0.334. The molecule has 1 aliphatic rings. The number of hydrogen-bond acceptors (Lipinski definition) is 2. The number of nitrogens with zero attached hydrogens (tertiary/aromatic N) is 1. The van der Waals surface area contributed by atoms with Gasteiger partial charge >= 0.3 is 0 Å². The van der Waals surface area contributed by atoms with Crippen molar-refractivity contribution in [3.05, 3.63) is 30.1 Å². The van der Waals surface area contributed by atoms with Gasteiger partial charge in [-0.2, -0.15) is 0 Å². The summed E-state index contributed by atoms with van der Waals surface area (Å²) in [6, 6.07) is 3.90. The third kappa shape index (κ3) is 2.43. The molecule has 1 aliphatic carbocycles. The van der Waals surface area contributed by atoms with Crippen LogP contribution in [0.5, 0.6) is 5.75 Å². The van der Waals surface area contributed by atoms with Crippen molar-refractivity contribution >= 4 is 5.57 Å². The summed E-state index contributed by atoms with van der Waals surface area (Å²) in [7, 11) is 1.69. The van der Waals surface area contributed by atoms with Crippen LogP contribution in [0.15, 0.2) is 24.4 Å². The summed E-state index contributed by atoms with van der Waals surface area (Å²) in [5, 5.41) is 0. The van der Waals surface area contributed by atoms with E-state index in [2.05, 4.69) is 24.9 Å². The van der Waals surface area contributed by atoms with Crippen LogP contribution in [0.4, 0.5) is 0 Å². The van der Waals surface area contributed by atoms with E-state index in [0.29, 0.717) is 5.41 Å². The lowest BCUT2D eigenvalue weighted by Crippen LogP contribution is -2.14. The molecule has 0 bridgehead atoms. The van der Waals surface area contributed by atoms with Gasteiger partial charge in [-0.1, -0.05) is 19.9 Å². The maximum Gasteiger partial charge on any atom is 0.122 e. The second kappa shape index (κ2) is 4.28. The number of hydrogen-bond donors (Lipinski definition) is 0. The van der Waals surface area contributed by atoms with Gasteiger partial charge in [-0.25, -0.2) is 0 Å². The molecule has 1 aromatic rings. The minimum atomic E-state index is 0.447. The summed E-state index contributed by atoms with van der Waals surface area (Å²) in [5.41, 5.74) is 2.87. The molecule has 0 aliphatic heterocycles. The molecule has 0 atom stereocenters. The van der Waals surface area contributed by atoms with Gasteiger partial charge in [0.2, 0.25) is 0 Å². The maximum atomic E-state index is 5.22. The fraction of sp³-hybridized carbons (Fsp3) is 0.500. The van der Waals surface area contributed by atoms with Gasteiger partial charge in [0, 0.05) is 12.3 Å². The van der Waals surface area contributed by atoms with Crippen LogP contribution in [0.25, 0.3) is 5.57 Å². The van der Waals surface area contributed by atoms with E-state index in [4.69, 9.17) is 4.74 Å². The Hall–Kier alpha value is -1.31. The molecule has 1 aromatic heterocycles. The van der Waals surface area contributed by atoms with Gasteiger partial charge in [0.25, 0.3) is 0 Å². The van der Waals surface area contributed by atoms with Crippen molar-refractivity contribution in [3.8, 4) is 5.75 Å². The minimum Gasteiger partial charge on any atom is -0.497 e. The highest BCUT2D eigenvalue weighted by Crippen LogP contribution is 2.37. The highest BCUT2D eigenvalue weighted by molar-refractivity contribution is 5.64. The molecule has 0 aromatic carbocycles. The molecular weight excluding hydrogens is 198 g/mol. The smallest absolute Gasteiger partial charge is 0.122 e. The van der Waals surface area contributed by atoms with E-state index in [-0.39, 0.29) is 0 Å². The number of pyridine rings is 1. The highest BCUT2D eigenvalue weighted by atomic mass is 16.5. The molecule has 0 saturated heterocycles. The Labute approximate surface area is 97.4 Å². The van der Waals surface area contributed by atoms with Gasteiger partial charge in [0.05, 0.1) is 12.8 Å². The fourth-order valence-corrected chi connectivity index (χ4v) is 2.02. The first-order valence-electron chi connectivity index (χ1n) is 5.80. The number of ether oxygens (including phenoxy) is 1. The summed E-state index contributed by atoms with van der Waals surface area (Å²) < 4.78 is 5.22. The molecule has 1 heterocycles. The third-order valence-corrected chi connectivity index (χ3v) is 3.27. The van der Waals surface area contributed by atoms with Crippen LogP contribution < -0.4 is 4.74 Å². The van der Waals surface area contributed by atoms with Crippen LogP contribution in [0.1, 0.15) is 38.8 Å². The Balaban J connectivity index is 2.22. The summed E-state index contributed by atoms with van der Waals surface area (Å²) in [5.74, 6) is 0.885. The van der Waals surface area contributed by atoms with Crippen molar-refractivity contribution in [2.24, 2.45) is 5.41 Å². The molecule has 2 heteroatoms. The van der Waals surface area contributed by atoms with Crippen LogP contribution in [-0.4, -0.2) is 12.1 Å². The SMILES string of the molecule is COc1ccnc(C2=CCC(C)(C)CC2)c1. The zero-order valence-corrected chi connectivity index (χ0v) is 10.3. The second-order valence-corrected chi connectivity index (χ2v) is 5.18. The van der Waals surface area contributed by atoms with Crippen molar-refractivity contribution in [1.29, 1.82) is 0 Å². The van der Waals surface area contributed by atoms with Crippen molar-refractivity contribution in [3.63, 3.8) is 0 Å². The van der Waals surface area contributed by atoms with Crippen LogP contribution in [0.2, 0.25) is 0 Å². The Morgan fingerprint density at radius 1 is 1.38 bits per heavy atom. The largest absolute Gasteiger partial charge is 0.497 e. The van der Waals surface area contributed by atoms with E-state index < -0.39 is 0 Å². The van der Waals surface area contributed by atoms with E-state index >= 15 is 0 Å². The van der Waals surface area contributed by atoms with Crippen LogP contribution in [0, 0.1) is 5.41 Å². The maximum absolute atomic E-state index is 5.22. The predicted octanol–water partition coefficient (Wildman–Crippen LogP) is 3.68. The first-order chi connectivity index (χ1) is 7.61. The average molecular weight is 217 g/mol. The van der Waals surface area contributed by atoms with Crippen LogP contribution >= 0.6 is 0 Å². The van der Waals surface area contributed by atoms with Crippen molar-refractivity contribution in [2.45, 2.75) is 33.1 Å². The Morgan fingerprint density at radius 2 is 2.19 bits per heavy atom. The van der Waals surface area contributed by atoms with Crippen LogP contribution in [0.3, 0.4) is 0 Å². The first kappa shape index (κ1) is 11.2. The van der Waals surface area contributed by atoms with Crippen molar-refractivity contribution in [1.82, 2.24) is 4.98 Å². The molecule has 0 fully saturated rings. The lowest BCUT2D eigenvalue weighted by Gasteiger charge is -2.28. The van der Waals surface area contributed by atoms with Gasteiger partial charge in [-0.3, -0.25) is 4.98 Å². The quantitative estimate of drug-likeness (QED) is 0.753. The normalized spacial score (nSPS) is 19.1. The zero-order chi connectivity index (χ0) is 11.6. The molecular formula is C14H19NO. The number of rotatable bonds is 2. The third-order valence-electron chi connectivity index (χ3n) is 3.27. The van der Waals surface area contributed by atoms with E-state index in [0.717, 1.165) is 24.3 Å². The van der Waals surface area contributed by atoms with E-state index in [9.17, 15) is 0 Å². The first-order valence-corrected chi connectivity index (χ1v) is 5.80. The molecule has 2 nitrogen and oxygen atoms in total. The molecule has 0 N–H and O–H groups in total. The highest BCUT2D eigenvalue weighted by Gasteiger charge is 2.22. The van der Waals surface area contributed by atoms with Gasteiger partial charge in [0.15, 0.2) is 0 Å². The summed E-state index contributed by atoms with van der Waals surface area (Å²) in [6.45, 7) is 4.64. The van der Waals surface area contributed by atoms with Crippen LogP contribution in [-0.2, 0) is 0 Å². The molecule has 0 radical (unpaired) electrons. The monoisotopic (exact) mass is 217 g/mol. The molecule has 0 saturated carbocycles. The van der Waals surface area contributed by atoms with Gasteiger partial charge in [0.1, 0.15) is 5.75 Å². The predicted molar refractivity (Wildman–Crippen MR) is 66.4 cm³/mol. The molecule has 0 unspecified atom stereocenters. The average Bonchev–Trinajstić information content (AvgIpc) is 2.29. The van der Waals surface area contributed by atoms with Gasteiger partial charge in [-0.15, -0.1) is 0 Å². The lowest BCUT2D eigenvalue weighted by atomic mass is 9.78.